The Morgan fingerprint density at radius 1 is 1.53 bits per heavy atom. The van der Waals surface area contributed by atoms with Crippen molar-refractivity contribution in [3.05, 3.63) is 24.2 Å². The third kappa shape index (κ3) is 5.22. The van der Waals surface area contributed by atoms with Gasteiger partial charge in [-0.05, 0) is 26.0 Å². The monoisotopic (exact) mass is 210 g/mol. The molecule has 1 aromatic rings. The van der Waals surface area contributed by atoms with Gasteiger partial charge < -0.3 is 15.1 Å². The van der Waals surface area contributed by atoms with Crippen LogP contribution in [0.2, 0.25) is 0 Å². The Morgan fingerprint density at radius 2 is 2.33 bits per heavy atom. The van der Waals surface area contributed by atoms with E-state index in [0.29, 0.717) is 19.5 Å². The maximum Gasteiger partial charge on any atom is 0.221 e. The van der Waals surface area contributed by atoms with Crippen LogP contribution in [0.4, 0.5) is 0 Å². The molecule has 0 bridgehead atoms. The first kappa shape index (κ1) is 11.8. The maximum absolute atomic E-state index is 11.2. The summed E-state index contributed by atoms with van der Waals surface area (Å²) in [5.41, 5.74) is 0. The summed E-state index contributed by atoms with van der Waals surface area (Å²) in [7, 11) is 0. The van der Waals surface area contributed by atoms with Crippen LogP contribution in [0, 0.1) is 0 Å². The number of rotatable bonds is 6. The topological polar surface area (TPSA) is 54.3 Å². The quantitative estimate of drug-likeness (QED) is 0.695. The van der Waals surface area contributed by atoms with Crippen molar-refractivity contribution >= 4 is 5.91 Å². The van der Waals surface area contributed by atoms with E-state index in [0.717, 1.165) is 5.76 Å². The molecule has 0 aliphatic heterocycles. The molecule has 0 aliphatic carbocycles. The van der Waals surface area contributed by atoms with Crippen molar-refractivity contribution in [2.45, 2.75) is 32.9 Å². The standard InChI is InChI=1S/C11H18N2O2/c1-9(2)13-11(14)5-6-12-8-10-4-3-7-15-10/h3-4,7,9,12H,5-6,8H2,1-2H3,(H,13,14). The van der Waals surface area contributed by atoms with E-state index >= 15 is 0 Å². The van der Waals surface area contributed by atoms with Crippen LogP contribution in [-0.2, 0) is 11.3 Å². The number of amides is 1. The van der Waals surface area contributed by atoms with E-state index in [1.54, 1.807) is 6.26 Å². The molecule has 0 saturated carbocycles. The van der Waals surface area contributed by atoms with Gasteiger partial charge in [-0.2, -0.15) is 0 Å². The summed E-state index contributed by atoms with van der Waals surface area (Å²) in [5.74, 6) is 0.969. The van der Waals surface area contributed by atoms with Gasteiger partial charge in [-0.15, -0.1) is 0 Å². The van der Waals surface area contributed by atoms with E-state index in [-0.39, 0.29) is 11.9 Å². The van der Waals surface area contributed by atoms with Crippen LogP contribution < -0.4 is 10.6 Å². The van der Waals surface area contributed by atoms with Gasteiger partial charge in [0.05, 0.1) is 12.8 Å². The SMILES string of the molecule is CC(C)NC(=O)CCNCc1ccco1. The van der Waals surface area contributed by atoms with Gasteiger partial charge in [-0.1, -0.05) is 0 Å². The average molecular weight is 210 g/mol. The Hall–Kier alpha value is -1.29. The fourth-order valence-electron chi connectivity index (χ4n) is 1.22. The fraction of sp³-hybridized carbons (Fsp3) is 0.545. The summed E-state index contributed by atoms with van der Waals surface area (Å²) in [6, 6.07) is 3.96. The lowest BCUT2D eigenvalue weighted by molar-refractivity contribution is -0.121. The van der Waals surface area contributed by atoms with Gasteiger partial charge >= 0.3 is 0 Å². The molecule has 1 amide bonds. The molecule has 4 heteroatoms. The minimum absolute atomic E-state index is 0.0805. The molecule has 1 aromatic heterocycles. The molecule has 1 heterocycles. The van der Waals surface area contributed by atoms with Gasteiger partial charge in [0.25, 0.3) is 0 Å². The smallest absolute Gasteiger partial charge is 0.221 e. The zero-order valence-electron chi connectivity index (χ0n) is 9.25. The summed E-state index contributed by atoms with van der Waals surface area (Å²) in [4.78, 5) is 11.2. The normalized spacial score (nSPS) is 10.6. The first-order valence-corrected chi connectivity index (χ1v) is 5.21. The van der Waals surface area contributed by atoms with Crippen LogP contribution >= 0.6 is 0 Å². The van der Waals surface area contributed by atoms with Crippen LogP contribution in [0.3, 0.4) is 0 Å². The lowest BCUT2D eigenvalue weighted by Gasteiger charge is -2.08. The maximum atomic E-state index is 11.2. The molecular weight excluding hydrogens is 192 g/mol. The van der Waals surface area contributed by atoms with Gasteiger partial charge in [-0.25, -0.2) is 0 Å². The van der Waals surface area contributed by atoms with E-state index in [2.05, 4.69) is 10.6 Å². The molecule has 0 aromatic carbocycles. The lowest BCUT2D eigenvalue weighted by Crippen LogP contribution is -2.32. The van der Waals surface area contributed by atoms with Crippen molar-refractivity contribution < 1.29 is 9.21 Å². The van der Waals surface area contributed by atoms with Crippen molar-refractivity contribution in [1.29, 1.82) is 0 Å². The van der Waals surface area contributed by atoms with Crippen LogP contribution in [-0.4, -0.2) is 18.5 Å². The first-order chi connectivity index (χ1) is 7.18. The summed E-state index contributed by atoms with van der Waals surface area (Å²) in [5, 5.41) is 5.97. The predicted molar refractivity (Wildman–Crippen MR) is 58.3 cm³/mol. The highest BCUT2D eigenvalue weighted by molar-refractivity contribution is 5.76. The Balaban J connectivity index is 2.04. The van der Waals surface area contributed by atoms with Crippen molar-refractivity contribution in [2.75, 3.05) is 6.54 Å². The highest BCUT2D eigenvalue weighted by Gasteiger charge is 2.02. The highest BCUT2D eigenvalue weighted by Crippen LogP contribution is 1.98. The molecule has 1 rings (SSSR count). The lowest BCUT2D eigenvalue weighted by atomic mass is 10.3. The fourth-order valence-corrected chi connectivity index (χ4v) is 1.22. The zero-order chi connectivity index (χ0) is 11.1. The van der Waals surface area contributed by atoms with E-state index in [9.17, 15) is 4.79 Å². The Morgan fingerprint density at radius 3 is 2.93 bits per heavy atom. The highest BCUT2D eigenvalue weighted by atomic mass is 16.3. The summed E-state index contributed by atoms with van der Waals surface area (Å²) in [6.07, 6.45) is 2.14. The second kappa shape index (κ2) is 6.24. The van der Waals surface area contributed by atoms with E-state index in [1.165, 1.54) is 0 Å². The number of nitrogens with one attached hydrogen (secondary N) is 2. The third-order valence-electron chi connectivity index (χ3n) is 1.86. The van der Waals surface area contributed by atoms with E-state index in [1.807, 2.05) is 26.0 Å². The molecule has 2 N–H and O–H groups in total. The minimum Gasteiger partial charge on any atom is -0.468 e. The van der Waals surface area contributed by atoms with Gasteiger partial charge in [0.15, 0.2) is 0 Å². The third-order valence-corrected chi connectivity index (χ3v) is 1.86. The second-order valence-corrected chi connectivity index (χ2v) is 3.73. The number of carbonyl (C=O) groups excluding carboxylic acids is 1. The van der Waals surface area contributed by atoms with Crippen molar-refractivity contribution in [3.63, 3.8) is 0 Å². The largest absolute Gasteiger partial charge is 0.468 e. The van der Waals surface area contributed by atoms with Crippen LogP contribution in [0.15, 0.2) is 22.8 Å². The molecule has 84 valence electrons. The van der Waals surface area contributed by atoms with Crippen LogP contribution in [0.1, 0.15) is 26.0 Å². The molecule has 0 atom stereocenters. The number of carbonyl (C=O) groups is 1. The first-order valence-electron chi connectivity index (χ1n) is 5.21. The summed E-state index contributed by atoms with van der Waals surface area (Å²) < 4.78 is 5.14. The second-order valence-electron chi connectivity index (χ2n) is 3.73. The molecule has 15 heavy (non-hydrogen) atoms. The molecule has 4 nitrogen and oxygen atoms in total. The van der Waals surface area contributed by atoms with Crippen molar-refractivity contribution in [3.8, 4) is 0 Å². The molecule has 0 radical (unpaired) electrons. The predicted octanol–water partition coefficient (Wildman–Crippen LogP) is 1.28. The summed E-state index contributed by atoms with van der Waals surface area (Å²) >= 11 is 0. The molecule has 0 saturated heterocycles. The van der Waals surface area contributed by atoms with Crippen LogP contribution in [0.5, 0.6) is 0 Å². The van der Waals surface area contributed by atoms with Crippen molar-refractivity contribution in [1.82, 2.24) is 10.6 Å². The molecular formula is C11H18N2O2. The minimum atomic E-state index is 0.0805. The Labute approximate surface area is 90.0 Å². The zero-order valence-corrected chi connectivity index (χ0v) is 9.25. The molecule has 0 unspecified atom stereocenters. The molecule has 0 fully saturated rings. The number of hydrogen-bond acceptors (Lipinski definition) is 3. The number of furan rings is 1. The van der Waals surface area contributed by atoms with Crippen molar-refractivity contribution in [2.24, 2.45) is 0 Å². The van der Waals surface area contributed by atoms with Gasteiger partial charge in [-0.3, -0.25) is 4.79 Å². The van der Waals surface area contributed by atoms with Crippen LogP contribution in [0.25, 0.3) is 0 Å². The molecule has 0 spiro atoms. The van der Waals surface area contributed by atoms with E-state index in [4.69, 9.17) is 4.42 Å². The Bertz CT molecular complexity index is 281. The average Bonchev–Trinajstić information content (AvgIpc) is 2.63. The Kier molecular flexibility index (Phi) is 4.90. The van der Waals surface area contributed by atoms with Gasteiger partial charge in [0.2, 0.25) is 5.91 Å². The van der Waals surface area contributed by atoms with Gasteiger partial charge in [0.1, 0.15) is 5.76 Å². The van der Waals surface area contributed by atoms with Gasteiger partial charge in [0, 0.05) is 19.0 Å². The molecule has 0 aliphatic rings. The number of hydrogen-bond donors (Lipinski definition) is 2. The van der Waals surface area contributed by atoms with E-state index < -0.39 is 0 Å². The summed E-state index contributed by atoms with van der Waals surface area (Å²) in [6.45, 7) is 5.24.